The molecule has 0 amide bonds. The van der Waals surface area contributed by atoms with Crippen LogP contribution in [0.1, 0.15) is 51.4 Å². The summed E-state index contributed by atoms with van der Waals surface area (Å²) in [5.41, 5.74) is -1.16. The number of nitrogens with zero attached hydrogens (tertiary/aromatic N) is 1. The second-order valence-electron chi connectivity index (χ2n) is 7.29. The van der Waals surface area contributed by atoms with Crippen LogP contribution in [0.25, 0.3) is 0 Å². The van der Waals surface area contributed by atoms with Gasteiger partial charge in [0.1, 0.15) is 34.9 Å². The van der Waals surface area contributed by atoms with Crippen LogP contribution in [0.5, 0.6) is 0 Å². The molecule has 0 spiro atoms. The van der Waals surface area contributed by atoms with Crippen molar-refractivity contribution in [1.29, 1.82) is 0 Å². The molecule has 0 aromatic heterocycles. The molecule has 0 radical (unpaired) electrons. The van der Waals surface area contributed by atoms with Crippen molar-refractivity contribution < 1.29 is 98.0 Å². The van der Waals surface area contributed by atoms with Crippen molar-refractivity contribution in [3.05, 3.63) is 0 Å². The van der Waals surface area contributed by atoms with Crippen molar-refractivity contribution in [1.82, 2.24) is 0 Å². The number of ether oxygens (including phenoxy) is 1. The van der Waals surface area contributed by atoms with Gasteiger partial charge in [0.15, 0.2) is 0 Å². The van der Waals surface area contributed by atoms with E-state index in [1.165, 1.54) is 0 Å². The maximum absolute atomic E-state index is 11.0. The molecule has 32 heavy (non-hydrogen) atoms. The van der Waals surface area contributed by atoms with E-state index in [2.05, 4.69) is 9.44 Å². The maximum Gasteiger partial charge on any atom is 1.00 e. The number of unbranched alkanes of at least 4 members (excludes halogenated alkanes) is 6. The van der Waals surface area contributed by atoms with Gasteiger partial charge in [0, 0.05) is 22.8 Å². The van der Waals surface area contributed by atoms with Gasteiger partial charge in [0.2, 0.25) is 0 Å². The molecule has 1 fully saturated rings. The Labute approximate surface area is 238 Å². The number of oxime groups is 1. The molecule has 4 N–H and O–H groups in total. The zero-order valence-corrected chi connectivity index (χ0v) is 23.9. The van der Waals surface area contributed by atoms with Crippen LogP contribution in [0.15, 0.2) is 5.16 Å². The molecule has 1 aliphatic heterocycles. The molecule has 0 aliphatic carbocycles. The molecule has 1 rings (SSSR count). The predicted octanol–water partition coefficient (Wildman–Crippen LogP) is -3.19. The third kappa shape index (κ3) is 14.0. The Kier molecular flexibility index (Phi) is 18.4. The van der Waals surface area contributed by atoms with E-state index in [1.807, 2.05) is 0 Å². The van der Waals surface area contributed by atoms with Gasteiger partial charge in [-0.1, -0.05) is 49.0 Å². The number of hydrogen-bond donors (Lipinski definition) is 4. The summed E-state index contributed by atoms with van der Waals surface area (Å²) < 4.78 is 52.5. The Balaban J connectivity index is 0.00000961. The van der Waals surface area contributed by atoms with Gasteiger partial charge in [-0.2, -0.15) is 8.42 Å². The van der Waals surface area contributed by atoms with Gasteiger partial charge < -0.3 is 29.7 Å². The number of aliphatic hydroxyl groups is 4. The smallest absolute Gasteiger partial charge is 0.714 e. The molecule has 0 saturated carbocycles. The van der Waals surface area contributed by atoms with E-state index in [-0.39, 0.29) is 62.8 Å². The van der Waals surface area contributed by atoms with Crippen LogP contribution in [-0.2, 0) is 30.2 Å². The van der Waals surface area contributed by atoms with Crippen LogP contribution in [0.3, 0.4) is 0 Å². The first-order valence-corrected chi connectivity index (χ1v) is 14.0. The molecule has 0 aromatic carbocycles. The van der Waals surface area contributed by atoms with Crippen LogP contribution in [-0.4, -0.2) is 91.1 Å². The van der Waals surface area contributed by atoms with Crippen molar-refractivity contribution in [2.75, 3.05) is 18.6 Å². The normalized spacial score (nSPS) is 27.6. The van der Waals surface area contributed by atoms with E-state index in [9.17, 15) is 37.6 Å². The number of aliphatic hydroxyl groups excluding tert-OH is 4. The van der Waals surface area contributed by atoms with Gasteiger partial charge in [0.25, 0.3) is 10.4 Å². The van der Waals surface area contributed by atoms with E-state index in [0.717, 1.165) is 50.3 Å². The van der Waals surface area contributed by atoms with Crippen molar-refractivity contribution in [3.63, 3.8) is 0 Å². The van der Waals surface area contributed by atoms with Crippen molar-refractivity contribution in [2.45, 2.75) is 81.2 Å². The summed E-state index contributed by atoms with van der Waals surface area (Å²) in [4.78, 5) is 0. The van der Waals surface area contributed by atoms with Gasteiger partial charge in [-0.15, -0.1) is 0 Å². The standard InChI is InChI=1S/C17H33NO10S3.K/c1-30(23)10-8-6-4-2-3-5-7-9-13(18-28-31(24,25)26)29-17-16(22)15(21)14(20)12(11-19)27-17;/h12,14-17,19-22H,2-11H2,1H3,(H,24,25,26);/q;+1/p-1. The van der Waals surface area contributed by atoms with Gasteiger partial charge in [0.05, 0.1) is 6.61 Å². The van der Waals surface area contributed by atoms with Crippen LogP contribution >= 0.6 is 11.8 Å². The number of rotatable bonds is 14. The molecule has 0 aromatic rings. The molecule has 6 atom stereocenters. The molecule has 15 heteroatoms. The largest absolute Gasteiger partial charge is 1.00 e. The molecule has 6 unspecified atom stereocenters. The minimum atomic E-state index is -5.07. The summed E-state index contributed by atoms with van der Waals surface area (Å²) in [5, 5.41) is 42.5. The fourth-order valence-corrected chi connectivity index (χ4v) is 4.93. The van der Waals surface area contributed by atoms with Gasteiger partial charge >= 0.3 is 51.4 Å². The summed E-state index contributed by atoms with van der Waals surface area (Å²) >= 11 is 0.755. The average molecular weight is 546 g/mol. The van der Waals surface area contributed by atoms with E-state index in [1.54, 1.807) is 6.26 Å². The Bertz CT molecular complexity index is 679. The molecule has 11 nitrogen and oxygen atoms in total. The van der Waals surface area contributed by atoms with Crippen LogP contribution in [0, 0.1) is 0 Å². The third-order valence-corrected chi connectivity index (χ3v) is 6.95. The zero-order chi connectivity index (χ0) is 23.4. The third-order valence-electron chi connectivity index (χ3n) is 4.65. The topological polar surface area (TPSA) is 186 Å². The Hall–Kier alpha value is 1.32. The second kappa shape index (κ2) is 17.7. The first-order chi connectivity index (χ1) is 14.5. The predicted molar refractivity (Wildman–Crippen MR) is 115 cm³/mol. The van der Waals surface area contributed by atoms with Crippen LogP contribution in [0.4, 0.5) is 0 Å². The summed E-state index contributed by atoms with van der Waals surface area (Å²) in [6.45, 7) is -0.603. The molecule has 0 bridgehead atoms. The van der Waals surface area contributed by atoms with Gasteiger partial charge in [-0.3, -0.25) is 8.49 Å². The second-order valence-corrected chi connectivity index (χ2v) is 11.0. The van der Waals surface area contributed by atoms with E-state index >= 15 is 0 Å². The Morgan fingerprint density at radius 3 is 2.16 bits per heavy atom. The summed E-state index contributed by atoms with van der Waals surface area (Å²) in [6.07, 6.45) is 2.45. The van der Waals surface area contributed by atoms with Gasteiger partial charge in [-0.05, 0) is 19.3 Å². The first kappa shape index (κ1) is 33.3. The minimum absolute atomic E-state index is 0. The van der Waals surface area contributed by atoms with E-state index in [4.69, 9.17) is 4.74 Å². The maximum atomic E-state index is 11.0. The Morgan fingerprint density at radius 2 is 1.62 bits per heavy atom. The van der Waals surface area contributed by atoms with Gasteiger partial charge in [-0.25, -0.2) is 0 Å². The summed E-state index contributed by atoms with van der Waals surface area (Å²) in [5.74, 6) is 0.706. The van der Waals surface area contributed by atoms with Crippen molar-refractivity contribution >= 4 is 38.0 Å². The Morgan fingerprint density at radius 1 is 1.06 bits per heavy atom. The summed E-state index contributed by atoms with van der Waals surface area (Å²) in [7, 11) is -5.83. The van der Waals surface area contributed by atoms with Crippen molar-refractivity contribution in [3.8, 4) is 0 Å². The molecule has 1 heterocycles. The fraction of sp³-hybridized carbons (Fsp3) is 0.941. The van der Waals surface area contributed by atoms with Crippen LogP contribution < -0.4 is 51.4 Å². The first-order valence-electron chi connectivity index (χ1n) is 10.0. The van der Waals surface area contributed by atoms with E-state index < -0.39 is 57.7 Å². The molecular formula is C17H32KNO10S3. The fourth-order valence-electron chi connectivity index (χ4n) is 2.98. The van der Waals surface area contributed by atoms with Crippen LogP contribution in [0.2, 0.25) is 0 Å². The molecule has 1 saturated heterocycles. The molecule has 184 valence electrons. The molecular weight excluding hydrogens is 513 g/mol. The van der Waals surface area contributed by atoms with Crippen molar-refractivity contribution in [2.24, 2.45) is 5.16 Å². The summed E-state index contributed by atoms with van der Waals surface area (Å²) in [6, 6.07) is 0. The zero-order valence-electron chi connectivity index (χ0n) is 18.4. The number of thioether (sulfide) groups is 1. The molecule has 1 aliphatic rings. The minimum Gasteiger partial charge on any atom is -0.714 e. The average Bonchev–Trinajstić information content (AvgIpc) is 2.69. The van der Waals surface area contributed by atoms with E-state index in [0.29, 0.717) is 12.2 Å². The quantitative estimate of drug-likeness (QED) is 0.0328. The monoisotopic (exact) mass is 545 g/mol. The number of hydrogen-bond acceptors (Lipinski definition) is 12. The SMILES string of the molecule is CS(=O)CCCCCCCCCC(=NOS(=O)(=O)[O-])SC1OC(CO)C(O)C(O)C1O.[K+].